The van der Waals surface area contributed by atoms with Gasteiger partial charge in [0.15, 0.2) is 11.5 Å². The van der Waals surface area contributed by atoms with Crippen LogP contribution in [0.3, 0.4) is 0 Å². The van der Waals surface area contributed by atoms with Crippen LogP contribution in [-0.2, 0) is 11.0 Å². The Bertz CT molecular complexity index is 1090. The zero-order valence-corrected chi connectivity index (χ0v) is 14.8. The smallest absolute Gasteiger partial charge is 0.417 e. The predicted molar refractivity (Wildman–Crippen MR) is 99.4 cm³/mol. The molecule has 0 fully saturated rings. The summed E-state index contributed by atoms with van der Waals surface area (Å²) < 4.78 is 55.4. The molecule has 3 aromatic rings. The van der Waals surface area contributed by atoms with Gasteiger partial charge in [-0.1, -0.05) is 18.2 Å². The lowest BCUT2D eigenvalue weighted by atomic mass is 10.1. The summed E-state index contributed by atoms with van der Waals surface area (Å²) in [6.07, 6.45) is -1.89. The first-order chi connectivity index (χ1) is 13.9. The summed E-state index contributed by atoms with van der Waals surface area (Å²) in [5.41, 5.74) is -0.335. The zero-order valence-electron chi connectivity index (χ0n) is 14.8. The molecule has 1 aliphatic heterocycles. The fourth-order valence-electron chi connectivity index (χ4n) is 2.85. The number of carbonyl (C=O) groups excluding carboxylic acids is 1. The largest absolute Gasteiger partial charge is 0.457 e. The number of rotatable bonds is 4. The molecule has 148 valence electrons. The molecule has 0 atom stereocenters. The average molecular weight is 401 g/mol. The van der Waals surface area contributed by atoms with E-state index in [0.717, 1.165) is 6.07 Å². The number of benzene rings is 2. The lowest BCUT2D eigenvalue weighted by Crippen LogP contribution is -2.07. The van der Waals surface area contributed by atoms with Crippen LogP contribution in [0.4, 0.5) is 18.9 Å². The fourth-order valence-corrected chi connectivity index (χ4v) is 2.85. The molecule has 1 amide bonds. The number of furan rings is 1. The van der Waals surface area contributed by atoms with Gasteiger partial charge in [0.25, 0.3) is 0 Å². The minimum absolute atomic E-state index is 0.0637. The molecular formula is C21H14F3NO4. The second-order valence-electron chi connectivity index (χ2n) is 6.14. The molecule has 0 saturated heterocycles. The molecule has 2 aromatic carbocycles. The van der Waals surface area contributed by atoms with Crippen molar-refractivity contribution >= 4 is 17.7 Å². The van der Waals surface area contributed by atoms with E-state index in [2.05, 4.69) is 5.32 Å². The van der Waals surface area contributed by atoms with Crippen LogP contribution in [0.5, 0.6) is 11.5 Å². The highest BCUT2D eigenvalue weighted by Crippen LogP contribution is 2.37. The van der Waals surface area contributed by atoms with Crippen LogP contribution in [0.15, 0.2) is 65.1 Å². The van der Waals surface area contributed by atoms with Crippen LogP contribution in [0.1, 0.15) is 11.3 Å². The van der Waals surface area contributed by atoms with Crippen molar-refractivity contribution in [3.8, 4) is 22.8 Å². The van der Waals surface area contributed by atoms with Crippen LogP contribution in [0.2, 0.25) is 0 Å². The molecule has 0 saturated carbocycles. The summed E-state index contributed by atoms with van der Waals surface area (Å²) in [6.45, 7) is 0.130. The third-order valence-corrected chi connectivity index (χ3v) is 4.16. The van der Waals surface area contributed by atoms with Gasteiger partial charge in [0.2, 0.25) is 12.7 Å². The summed E-state index contributed by atoms with van der Waals surface area (Å²) in [5, 5.41) is 2.66. The highest BCUT2D eigenvalue weighted by molar-refractivity contribution is 6.02. The Morgan fingerprint density at radius 3 is 2.62 bits per heavy atom. The molecule has 29 heavy (non-hydrogen) atoms. The van der Waals surface area contributed by atoms with Gasteiger partial charge < -0.3 is 19.2 Å². The summed E-state index contributed by atoms with van der Waals surface area (Å²) in [6, 6.07) is 13.0. The van der Waals surface area contributed by atoms with Crippen molar-refractivity contribution < 1.29 is 31.9 Å². The molecule has 0 spiro atoms. The molecule has 5 nitrogen and oxygen atoms in total. The Labute approximate surface area is 163 Å². The number of amides is 1. The lowest BCUT2D eigenvalue weighted by molar-refractivity contribution is -0.137. The number of hydrogen-bond acceptors (Lipinski definition) is 4. The van der Waals surface area contributed by atoms with E-state index in [1.54, 1.807) is 18.2 Å². The normalized spacial score (nSPS) is 13.1. The summed E-state index contributed by atoms with van der Waals surface area (Å²) >= 11 is 0. The van der Waals surface area contributed by atoms with Gasteiger partial charge in [0.05, 0.1) is 5.56 Å². The van der Waals surface area contributed by atoms with Crippen LogP contribution in [0, 0.1) is 0 Å². The number of nitrogens with one attached hydrogen (secondary N) is 1. The van der Waals surface area contributed by atoms with Crippen molar-refractivity contribution in [1.82, 2.24) is 0 Å². The van der Waals surface area contributed by atoms with Crippen molar-refractivity contribution in [2.45, 2.75) is 6.18 Å². The van der Waals surface area contributed by atoms with Crippen molar-refractivity contribution in [2.75, 3.05) is 12.1 Å². The van der Waals surface area contributed by atoms with Crippen LogP contribution < -0.4 is 14.8 Å². The number of hydrogen-bond donors (Lipinski definition) is 1. The molecule has 0 radical (unpaired) electrons. The maximum Gasteiger partial charge on any atom is 0.417 e. The maximum absolute atomic E-state index is 13.2. The monoisotopic (exact) mass is 401 g/mol. The number of carbonyl (C=O) groups is 1. The highest BCUT2D eigenvalue weighted by atomic mass is 19.4. The highest BCUT2D eigenvalue weighted by Gasteiger charge is 2.34. The second kappa shape index (κ2) is 7.38. The molecule has 2 heterocycles. The van der Waals surface area contributed by atoms with Crippen molar-refractivity contribution in [3.05, 3.63) is 72.0 Å². The first kappa shape index (κ1) is 18.7. The maximum atomic E-state index is 13.2. The van der Waals surface area contributed by atoms with Crippen molar-refractivity contribution in [2.24, 2.45) is 0 Å². The van der Waals surface area contributed by atoms with Crippen molar-refractivity contribution in [1.29, 1.82) is 0 Å². The number of fused-ring (bicyclic) bond motifs is 1. The molecule has 0 aliphatic carbocycles. The van der Waals surface area contributed by atoms with E-state index >= 15 is 0 Å². The van der Waals surface area contributed by atoms with Gasteiger partial charge in [-0.2, -0.15) is 13.2 Å². The minimum atomic E-state index is -4.50. The predicted octanol–water partition coefficient (Wildman–Crippen LogP) is 5.35. The van der Waals surface area contributed by atoms with Crippen molar-refractivity contribution in [3.63, 3.8) is 0 Å². The van der Waals surface area contributed by atoms with Gasteiger partial charge in [0.1, 0.15) is 11.5 Å². The summed E-state index contributed by atoms with van der Waals surface area (Å²) in [4.78, 5) is 12.1. The van der Waals surface area contributed by atoms with Gasteiger partial charge in [-0.25, -0.2) is 0 Å². The third-order valence-electron chi connectivity index (χ3n) is 4.16. The van der Waals surface area contributed by atoms with Gasteiger partial charge in [0, 0.05) is 23.4 Å². The molecule has 0 bridgehead atoms. The molecule has 4 rings (SSSR count). The van der Waals surface area contributed by atoms with Gasteiger partial charge in [-0.3, -0.25) is 4.79 Å². The number of ether oxygens (including phenoxy) is 2. The number of alkyl halides is 3. The molecular weight excluding hydrogens is 387 g/mol. The molecule has 1 N–H and O–H groups in total. The average Bonchev–Trinajstić information content (AvgIpc) is 3.35. The molecule has 1 aromatic heterocycles. The Hall–Kier alpha value is -3.68. The van der Waals surface area contributed by atoms with E-state index in [9.17, 15) is 18.0 Å². The molecule has 1 aliphatic rings. The van der Waals surface area contributed by atoms with E-state index in [1.807, 2.05) is 0 Å². The molecule has 8 heteroatoms. The quantitative estimate of drug-likeness (QED) is 0.599. The van der Waals surface area contributed by atoms with Crippen LogP contribution in [0.25, 0.3) is 17.4 Å². The number of halogens is 3. The number of anilines is 1. The third kappa shape index (κ3) is 4.11. The van der Waals surface area contributed by atoms with E-state index in [0.29, 0.717) is 17.2 Å². The standard InChI is InChI=1S/C21H14F3NO4/c22-21(23,24)16-4-2-1-3-15(16)17-9-6-14(29-17)7-10-20(26)25-13-5-8-18-19(11-13)28-12-27-18/h1-11H,12H2,(H,25,26)/b10-7+. The first-order valence-corrected chi connectivity index (χ1v) is 8.55. The topological polar surface area (TPSA) is 60.7 Å². The van der Waals surface area contributed by atoms with E-state index < -0.39 is 17.6 Å². The van der Waals surface area contributed by atoms with Gasteiger partial charge in [-0.05, 0) is 36.4 Å². The van der Waals surface area contributed by atoms with E-state index in [4.69, 9.17) is 13.9 Å². The van der Waals surface area contributed by atoms with E-state index in [-0.39, 0.29) is 23.9 Å². The first-order valence-electron chi connectivity index (χ1n) is 8.55. The Morgan fingerprint density at radius 2 is 1.79 bits per heavy atom. The molecule has 0 unspecified atom stereocenters. The van der Waals surface area contributed by atoms with Crippen LogP contribution >= 0.6 is 0 Å². The zero-order chi connectivity index (χ0) is 20.4. The summed E-state index contributed by atoms with van der Waals surface area (Å²) in [5.74, 6) is 1.01. The van der Waals surface area contributed by atoms with Gasteiger partial charge in [-0.15, -0.1) is 0 Å². The Morgan fingerprint density at radius 1 is 1.00 bits per heavy atom. The SMILES string of the molecule is O=C(/C=C/c1ccc(-c2ccccc2C(F)(F)F)o1)Nc1ccc2c(c1)OCO2. The Balaban J connectivity index is 1.47. The van der Waals surface area contributed by atoms with E-state index in [1.165, 1.54) is 42.5 Å². The van der Waals surface area contributed by atoms with Gasteiger partial charge >= 0.3 is 6.18 Å². The minimum Gasteiger partial charge on any atom is -0.457 e. The van der Waals surface area contributed by atoms with Crippen LogP contribution in [-0.4, -0.2) is 12.7 Å². The fraction of sp³-hybridized carbons (Fsp3) is 0.0952. The second-order valence-corrected chi connectivity index (χ2v) is 6.14. The summed E-state index contributed by atoms with van der Waals surface area (Å²) in [7, 11) is 0. The lowest BCUT2D eigenvalue weighted by Gasteiger charge is -2.10. The Kier molecular flexibility index (Phi) is 4.75.